The number of carbonyl (C=O) groups excluding carboxylic acids is 2. The first-order valence-corrected chi connectivity index (χ1v) is 11.7. The van der Waals surface area contributed by atoms with E-state index in [2.05, 4.69) is 20.0 Å². The van der Waals surface area contributed by atoms with Crippen LogP contribution in [0.5, 0.6) is 0 Å². The van der Waals surface area contributed by atoms with E-state index in [1.54, 1.807) is 17.2 Å². The molecule has 0 aromatic carbocycles. The molecule has 2 aromatic heterocycles. The fraction of sp³-hybridized carbons (Fsp3) is 0.682. The summed E-state index contributed by atoms with van der Waals surface area (Å²) < 4.78 is 1.74. The van der Waals surface area contributed by atoms with Crippen molar-refractivity contribution in [1.29, 1.82) is 0 Å². The van der Waals surface area contributed by atoms with E-state index < -0.39 is 0 Å². The predicted molar refractivity (Wildman–Crippen MR) is 122 cm³/mol. The molecule has 1 aliphatic carbocycles. The highest BCUT2D eigenvalue weighted by Crippen LogP contribution is 2.26. The number of anilines is 1. The smallest absolute Gasteiger partial charge is 0.236 e. The summed E-state index contributed by atoms with van der Waals surface area (Å²) in [5.41, 5.74) is 6.25. The van der Waals surface area contributed by atoms with E-state index in [1.807, 2.05) is 16.8 Å². The van der Waals surface area contributed by atoms with Gasteiger partial charge in [0, 0.05) is 33.2 Å². The fourth-order valence-electron chi connectivity index (χ4n) is 4.94. The average molecular weight is 443 g/mol. The maximum atomic E-state index is 13.0. The van der Waals surface area contributed by atoms with Crippen molar-refractivity contribution in [1.82, 2.24) is 29.5 Å². The molecule has 2 N–H and O–H groups in total. The molecule has 1 aliphatic heterocycles. The number of carbonyl (C=O) groups is 2. The zero-order valence-corrected chi connectivity index (χ0v) is 18.9. The Labute approximate surface area is 188 Å². The van der Waals surface area contributed by atoms with Gasteiger partial charge >= 0.3 is 0 Å². The summed E-state index contributed by atoms with van der Waals surface area (Å²) in [6.45, 7) is 3.78. The zero-order chi connectivity index (χ0) is 22.5. The van der Waals surface area contributed by atoms with Crippen LogP contribution in [0.4, 0.5) is 5.82 Å². The number of aromatic nitrogens is 4. The van der Waals surface area contributed by atoms with Crippen molar-refractivity contribution in [2.24, 2.45) is 18.7 Å². The highest BCUT2D eigenvalue weighted by Gasteiger charge is 2.26. The Morgan fingerprint density at radius 1 is 1.09 bits per heavy atom. The molecule has 2 fully saturated rings. The van der Waals surface area contributed by atoms with E-state index in [4.69, 9.17) is 5.73 Å². The molecule has 4 rings (SSSR count). The van der Waals surface area contributed by atoms with Gasteiger partial charge < -0.3 is 15.5 Å². The minimum absolute atomic E-state index is 0.0590. The van der Waals surface area contributed by atoms with E-state index in [1.165, 1.54) is 32.1 Å². The van der Waals surface area contributed by atoms with Gasteiger partial charge in [0.2, 0.25) is 11.8 Å². The van der Waals surface area contributed by atoms with Gasteiger partial charge in [0.1, 0.15) is 12.1 Å². The lowest BCUT2D eigenvalue weighted by Crippen LogP contribution is -2.52. The molecule has 1 saturated carbocycles. The average Bonchev–Trinajstić information content (AvgIpc) is 3.19. The van der Waals surface area contributed by atoms with Gasteiger partial charge in [-0.2, -0.15) is 5.10 Å². The highest BCUT2D eigenvalue weighted by molar-refractivity contribution is 5.87. The number of piperazine rings is 1. The number of nitrogens with two attached hydrogens (primary N) is 1. The molecule has 0 bridgehead atoms. The number of hydrogen-bond acceptors (Lipinski definition) is 7. The lowest BCUT2D eigenvalue weighted by atomic mass is 9.87. The van der Waals surface area contributed by atoms with Gasteiger partial charge in [-0.25, -0.2) is 9.97 Å². The number of hydrogen-bond donors (Lipinski definition) is 1. The molecule has 10 heteroatoms. The number of primary amides is 1. The Morgan fingerprint density at radius 3 is 2.56 bits per heavy atom. The molecule has 2 aromatic rings. The fourth-order valence-corrected chi connectivity index (χ4v) is 4.94. The summed E-state index contributed by atoms with van der Waals surface area (Å²) in [4.78, 5) is 39.3. The summed E-state index contributed by atoms with van der Waals surface area (Å²) in [6.07, 6.45) is 10.8. The van der Waals surface area contributed by atoms with Crippen molar-refractivity contribution in [2.45, 2.75) is 38.5 Å². The molecule has 3 heterocycles. The van der Waals surface area contributed by atoms with Gasteiger partial charge in [-0.3, -0.25) is 19.2 Å². The van der Waals surface area contributed by atoms with Crippen molar-refractivity contribution in [3.63, 3.8) is 0 Å². The van der Waals surface area contributed by atoms with Crippen LogP contribution < -0.4 is 10.6 Å². The third-order valence-electron chi connectivity index (χ3n) is 6.76. The Kier molecular flexibility index (Phi) is 7.19. The number of fused-ring (bicyclic) bond motifs is 1. The second kappa shape index (κ2) is 10.2. The van der Waals surface area contributed by atoms with Crippen LogP contribution in [0, 0.1) is 5.92 Å². The van der Waals surface area contributed by atoms with Crippen molar-refractivity contribution >= 4 is 28.7 Å². The molecule has 0 atom stereocenters. The summed E-state index contributed by atoms with van der Waals surface area (Å²) in [5, 5.41) is 5.20. The predicted octanol–water partition coefficient (Wildman–Crippen LogP) is 0.770. The summed E-state index contributed by atoms with van der Waals surface area (Å²) >= 11 is 0. The molecule has 0 radical (unpaired) electrons. The maximum Gasteiger partial charge on any atom is 0.236 e. The zero-order valence-electron chi connectivity index (χ0n) is 18.9. The van der Waals surface area contributed by atoms with Gasteiger partial charge in [0.25, 0.3) is 0 Å². The monoisotopic (exact) mass is 442 g/mol. The van der Waals surface area contributed by atoms with Crippen molar-refractivity contribution in [3.8, 4) is 0 Å². The lowest BCUT2D eigenvalue weighted by Gasteiger charge is -2.36. The SMILES string of the molecule is Cn1ncc2c(N3CCN(C(=O)CN(CCC4CCCCC4)CC(N)=O)CC3)ncnc21. The third-order valence-corrected chi connectivity index (χ3v) is 6.76. The van der Waals surface area contributed by atoms with Crippen molar-refractivity contribution in [2.75, 3.05) is 50.7 Å². The Hall–Kier alpha value is -2.75. The molecule has 174 valence electrons. The molecular formula is C22H34N8O2. The molecule has 1 saturated heterocycles. The third kappa shape index (κ3) is 5.35. The lowest BCUT2D eigenvalue weighted by molar-refractivity contribution is -0.133. The summed E-state index contributed by atoms with van der Waals surface area (Å²) in [6, 6.07) is 0. The van der Waals surface area contributed by atoms with Crippen LogP contribution in [0.1, 0.15) is 38.5 Å². The number of nitrogens with zero attached hydrogens (tertiary/aromatic N) is 7. The molecule has 2 amide bonds. The van der Waals surface area contributed by atoms with Crippen molar-refractivity contribution in [3.05, 3.63) is 12.5 Å². The number of rotatable bonds is 8. The van der Waals surface area contributed by atoms with E-state index >= 15 is 0 Å². The van der Waals surface area contributed by atoms with Gasteiger partial charge in [-0.1, -0.05) is 32.1 Å². The van der Waals surface area contributed by atoms with Crippen LogP contribution in [0.25, 0.3) is 11.0 Å². The molecule has 2 aliphatic rings. The Balaban J connectivity index is 1.31. The highest BCUT2D eigenvalue weighted by atomic mass is 16.2. The first-order chi connectivity index (χ1) is 15.5. The number of amides is 2. The Morgan fingerprint density at radius 2 is 1.84 bits per heavy atom. The van der Waals surface area contributed by atoms with E-state index in [0.717, 1.165) is 29.8 Å². The van der Waals surface area contributed by atoms with E-state index in [-0.39, 0.29) is 24.9 Å². The van der Waals surface area contributed by atoms with Crippen LogP contribution in [0.15, 0.2) is 12.5 Å². The molecule has 0 spiro atoms. The first-order valence-electron chi connectivity index (χ1n) is 11.7. The topological polar surface area (TPSA) is 113 Å². The van der Waals surface area contributed by atoms with Gasteiger partial charge in [0.05, 0.1) is 24.7 Å². The van der Waals surface area contributed by atoms with Crippen molar-refractivity contribution < 1.29 is 9.59 Å². The van der Waals surface area contributed by atoms with Crippen LogP contribution in [0.2, 0.25) is 0 Å². The van der Waals surface area contributed by atoms with Crippen LogP contribution in [-0.2, 0) is 16.6 Å². The molecule has 32 heavy (non-hydrogen) atoms. The van der Waals surface area contributed by atoms with Crippen LogP contribution in [0.3, 0.4) is 0 Å². The van der Waals surface area contributed by atoms with E-state index in [9.17, 15) is 9.59 Å². The quantitative estimate of drug-likeness (QED) is 0.642. The second-order valence-corrected chi connectivity index (χ2v) is 9.04. The van der Waals surface area contributed by atoms with Gasteiger partial charge in [0.15, 0.2) is 5.65 Å². The number of aryl methyl sites for hydroxylation is 1. The first kappa shape index (κ1) is 22.4. The minimum atomic E-state index is -0.379. The van der Waals surface area contributed by atoms with Gasteiger partial charge in [-0.05, 0) is 18.9 Å². The molecule has 10 nitrogen and oxygen atoms in total. The van der Waals surface area contributed by atoms with Gasteiger partial charge in [-0.15, -0.1) is 0 Å². The van der Waals surface area contributed by atoms with Crippen LogP contribution >= 0.6 is 0 Å². The molecular weight excluding hydrogens is 408 g/mol. The standard InChI is InChI=1S/C22H34N8O2/c1-27-21-18(13-26-27)22(25-16-24-21)30-11-9-29(10-12-30)20(32)15-28(14-19(23)31)8-7-17-5-3-2-4-6-17/h13,16-17H,2-12,14-15H2,1H3,(H2,23,31). The van der Waals surface area contributed by atoms with E-state index in [0.29, 0.717) is 32.1 Å². The maximum absolute atomic E-state index is 13.0. The largest absolute Gasteiger partial charge is 0.369 e. The molecule has 0 unspecified atom stereocenters. The summed E-state index contributed by atoms with van der Waals surface area (Å²) in [7, 11) is 1.86. The second-order valence-electron chi connectivity index (χ2n) is 9.04. The minimum Gasteiger partial charge on any atom is -0.369 e. The normalized spacial score (nSPS) is 17.9. The Bertz CT molecular complexity index is 931. The van der Waals surface area contributed by atoms with Crippen LogP contribution in [-0.4, -0.2) is 87.2 Å². The summed E-state index contributed by atoms with van der Waals surface area (Å²) in [5.74, 6) is 1.24.